The van der Waals surface area contributed by atoms with E-state index in [4.69, 9.17) is 0 Å². The SMILES string of the molecule is Cc1ccc(-c2c(C)sc3ncnc(NC(CC(C)C)C(=O)O)c23)cc1. The van der Waals surface area contributed by atoms with Crippen LogP contribution in [-0.2, 0) is 4.79 Å². The molecule has 3 rings (SSSR count). The normalized spacial score (nSPS) is 12.5. The summed E-state index contributed by atoms with van der Waals surface area (Å²) in [5, 5.41) is 13.6. The van der Waals surface area contributed by atoms with Gasteiger partial charge in [0.1, 0.15) is 23.0 Å². The van der Waals surface area contributed by atoms with Crippen LogP contribution in [0.2, 0.25) is 0 Å². The first-order valence-electron chi connectivity index (χ1n) is 8.67. The Kier molecular flexibility index (Phi) is 5.23. The van der Waals surface area contributed by atoms with E-state index in [1.54, 1.807) is 11.3 Å². The maximum atomic E-state index is 11.7. The van der Waals surface area contributed by atoms with Crippen LogP contribution in [0.15, 0.2) is 30.6 Å². The molecule has 5 nitrogen and oxygen atoms in total. The number of thiophene rings is 1. The van der Waals surface area contributed by atoms with Crippen molar-refractivity contribution in [1.82, 2.24) is 9.97 Å². The van der Waals surface area contributed by atoms with E-state index in [9.17, 15) is 9.90 Å². The van der Waals surface area contributed by atoms with Crippen LogP contribution >= 0.6 is 11.3 Å². The van der Waals surface area contributed by atoms with E-state index in [-0.39, 0.29) is 5.92 Å². The number of anilines is 1. The first-order chi connectivity index (χ1) is 12.4. The molecule has 3 aromatic rings. The van der Waals surface area contributed by atoms with Gasteiger partial charge in [0.05, 0.1) is 5.39 Å². The topological polar surface area (TPSA) is 75.1 Å². The van der Waals surface area contributed by atoms with Crippen LogP contribution in [-0.4, -0.2) is 27.1 Å². The summed E-state index contributed by atoms with van der Waals surface area (Å²) in [5.74, 6) is -0.0148. The second kappa shape index (κ2) is 7.41. The highest BCUT2D eigenvalue weighted by atomic mass is 32.1. The summed E-state index contributed by atoms with van der Waals surface area (Å²) in [5.41, 5.74) is 3.36. The van der Waals surface area contributed by atoms with Gasteiger partial charge in [-0.3, -0.25) is 0 Å². The molecule has 0 aliphatic carbocycles. The Hall–Kier alpha value is -2.47. The Labute approximate surface area is 157 Å². The Morgan fingerprint density at radius 1 is 1.19 bits per heavy atom. The van der Waals surface area contributed by atoms with Crippen LogP contribution in [0.5, 0.6) is 0 Å². The molecule has 0 amide bonds. The van der Waals surface area contributed by atoms with Crippen LogP contribution in [0.25, 0.3) is 21.3 Å². The molecule has 136 valence electrons. The summed E-state index contributed by atoms with van der Waals surface area (Å²) >= 11 is 1.60. The molecule has 1 aromatic carbocycles. The molecule has 0 saturated heterocycles. The molecule has 2 heterocycles. The van der Waals surface area contributed by atoms with Crippen LogP contribution in [0.3, 0.4) is 0 Å². The van der Waals surface area contributed by atoms with Gasteiger partial charge < -0.3 is 10.4 Å². The van der Waals surface area contributed by atoms with E-state index in [2.05, 4.69) is 53.4 Å². The third-order valence-corrected chi connectivity index (χ3v) is 5.33. The molecular weight excluding hydrogens is 346 g/mol. The Balaban J connectivity index is 2.11. The van der Waals surface area contributed by atoms with Gasteiger partial charge in [-0.15, -0.1) is 11.3 Å². The number of aryl methyl sites for hydroxylation is 2. The lowest BCUT2D eigenvalue weighted by molar-refractivity contribution is -0.138. The number of carbonyl (C=O) groups is 1. The van der Waals surface area contributed by atoms with Gasteiger partial charge in [-0.25, -0.2) is 14.8 Å². The second-order valence-corrected chi connectivity index (χ2v) is 8.17. The summed E-state index contributed by atoms with van der Waals surface area (Å²) in [7, 11) is 0. The van der Waals surface area contributed by atoms with Gasteiger partial charge in [0.2, 0.25) is 0 Å². The summed E-state index contributed by atoms with van der Waals surface area (Å²) in [6.07, 6.45) is 2.03. The van der Waals surface area contributed by atoms with Crippen molar-refractivity contribution in [3.8, 4) is 11.1 Å². The number of rotatable bonds is 6. The Morgan fingerprint density at radius 2 is 1.88 bits per heavy atom. The standard InChI is InChI=1S/C20H23N3O2S/c1-11(2)9-15(20(24)25)23-18-17-16(14-7-5-12(3)6-8-14)13(4)26-19(17)22-10-21-18/h5-8,10-11,15H,9H2,1-4H3,(H,24,25)(H,21,22,23). The predicted molar refractivity (Wildman–Crippen MR) is 107 cm³/mol. The molecule has 26 heavy (non-hydrogen) atoms. The van der Waals surface area contributed by atoms with Crippen molar-refractivity contribution in [2.75, 3.05) is 5.32 Å². The zero-order valence-corrected chi connectivity index (χ0v) is 16.2. The number of hydrogen-bond donors (Lipinski definition) is 2. The van der Waals surface area contributed by atoms with E-state index in [0.717, 1.165) is 26.2 Å². The van der Waals surface area contributed by atoms with E-state index < -0.39 is 12.0 Å². The van der Waals surface area contributed by atoms with Crippen LogP contribution in [0.1, 0.15) is 30.7 Å². The number of hydrogen-bond acceptors (Lipinski definition) is 5. The summed E-state index contributed by atoms with van der Waals surface area (Å²) < 4.78 is 0. The molecule has 0 saturated carbocycles. The van der Waals surface area contributed by atoms with Gasteiger partial charge in [-0.1, -0.05) is 43.7 Å². The lowest BCUT2D eigenvalue weighted by atomic mass is 10.0. The first kappa shape index (κ1) is 18.3. The molecule has 6 heteroatoms. The van der Waals surface area contributed by atoms with Crippen LogP contribution in [0, 0.1) is 19.8 Å². The van der Waals surface area contributed by atoms with E-state index in [1.807, 2.05) is 13.8 Å². The number of fused-ring (bicyclic) bond motifs is 1. The zero-order valence-electron chi connectivity index (χ0n) is 15.4. The molecule has 1 unspecified atom stereocenters. The van der Waals surface area contributed by atoms with Crippen molar-refractivity contribution < 1.29 is 9.90 Å². The quantitative estimate of drug-likeness (QED) is 0.647. The Bertz CT molecular complexity index is 932. The highest BCUT2D eigenvalue weighted by Gasteiger charge is 2.23. The van der Waals surface area contributed by atoms with Crippen molar-refractivity contribution in [2.45, 2.75) is 40.2 Å². The van der Waals surface area contributed by atoms with Crippen molar-refractivity contribution in [2.24, 2.45) is 5.92 Å². The minimum Gasteiger partial charge on any atom is -0.480 e. The summed E-state index contributed by atoms with van der Waals surface area (Å²) in [4.78, 5) is 22.5. The molecule has 0 spiro atoms. The number of nitrogens with one attached hydrogen (secondary N) is 1. The molecule has 0 bridgehead atoms. The average Bonchev–Trinajstić information content (AvgIpc) is 2.91. The van der Waals surface area contributed by atoms with Crippen LogP contribution < -0.4 is 5.32 Å². The van der Waals surface area contributed by atoms with E-state index in [1.165, 1.54) is 11.9 Å². The molecule has 0 aliphatic heterocycles. The van der Waals surface area contributed by atoms with Crippen molar-refractivity contribution in [3.63, 3.8) is 0 Å². The number of nitrogens with zero attached hydrogens (tertiary/aromatic N) is 2. The van der Waals surface area contributed by atoms with Crippen molar-refractivity contribution >= 4 is 33.3 Å². The van der Waals surface area contributed by atoms with Gasteiger partial charge in [-0.05, 0) is 31.7 Å². The fraction of sp³-hybridized carbons (Fsp3) is 0.350. The van der Waals surface area contributed by atoms with Crippen LogP contribution in [0.4, 0.5) is 5.82 Å². The smallest absolute Gasteiger partial charge is 0.326 e. The average molecular weight is 369 g/mol. The molecular formula is C20H23N3O2S. The third-order valence-electron chi connectivity index (χ3n) is 4.32. The minimum atomic E-state index is -0.866. The lowest BCUT2D eigenvalue weighted by Gasteiger charge is -2.18. The molecule has 1 atom stereocenters. The number of carboxylic acid groups (broad SMARTS) is 1. The third kappa shape index (κ3) is 3.70. The largest absolute Gasteiger partial charge is 0.480 e. The van der Waals surface area contributed by atoms with Gasteiger partial charge in [0.15, 0.2) is 0 Å². The maximum absolute atomic E-state index is 11.7. The fourth-order valence-corrected chi connectivity index (χ4v) is 4.09. The number of aromatic nitrogens is 2. The molecule has 0 fully saturated rings. The number of benzene rings is 1. The lowest BCUT2D eigenvalue weighted by Crippen LogP contribution is -2.31. The Morgan fingerprint density at radius 3 is 2.50 bits per heavy atom. The van der Waals surface area contributed by atoms with Crippen molar-refractivity contribution in [1.29, 1.82) is 0 Å². The van der Waals surface area contributed by atoms with Gasteiger partial charge >= 0.3 is 5.97 Å². The fourth-order valence-electron chi connectivity index (χ4n) is 3.08. The minimum absolute atomic E-state index is 0.265. The highest BCUT2D eigenvalue weighted by Crippen LogP contribution is 2.40. The number of carboxylic acids is 1. The van der Waals surface area contributed by atoms with Gasteiger partial charge in [0, 0.05) is 10.4 Å². The molecule has 0 aliphatic rings. The number of aliphatic carboxylic acids is 1. The molecule has 0 radical (unpaired) electrons. The summed E-state index contributed by atoms with van der Waals surface area (Å²) in [6, 6.07) is 7.65. The van der Waals surface area contributed by atoms with Gasteiger partial charge in [0.25, 0.3) is 0 Å². The first-order valence-corrected chi connectivity index (χ1v) is 9.49. The van der Waals surface area contributed by atoms with E-state index in [0.29, 0.717) is 12.2 Å². The van der Waals surface area contributed by atoms with E-state index >= 15 is 0 Å². The summed E-state index contributed by atoms with van der Waals surface area (Å²) in [6.45, 7) is 8.15. The molecule has 2 N–H and O–H groups in total. The van der Waals surface area contributed by atoms with Gasteiger partial charge in [-0.2, -0.15) is 0 Å². The monoisotopic (exact) mass is 369 g/mol. The molecule has 2 aromatic heterocycles. The second-order valence-electron chi connectivity index (χ2n) is 6.97. The highest BCUT2D eigenvalue weighted by molar-refractivity contribution is 7.19. The van der Waals surface area contributed by atoms with Crippen molar-refractivity contribution in [3.05, 3.63) is 41.0 Å². The maximum Gasteiger partial charge on any atom is 0.326 e. The predicted octanol–water partition coefficient (Wildman–Crippen LogP) is 4.89. The zero-order chi connectivity index (χ0) is 18.8.